The average molecular weight is 292 g/mol. The molecule has 19 heavy (non-hydrogen) atoms. The van der Waals surface area contributed by atoms with Crippen LogP contribution in [-0.4, -0.2) is 40.8 Å². The number of hydrogen-bond acceptors (Lipinski definition) is 5. The predicted molar refractivity (Wildman–Crippen MR) is 63.4 cm³/mol. The molecule has 0 atom stereocenters. The lowest BCUT2D eigenvalue weighted by Gasteiger charge is -2.04. The summed E-state index contributed by atoms with van der Waals surface area (Å²) in [5, 5.41) is 0. The van der Waals surface area contributed by atoms with Crippen LogP contribution in [0.1, 0.15) is 20.7 Å². The van der Waals surface area contributed by atoms with Gasteiger partial charge in [0.25, 0.3) is 0 Å². The lowest BCUT2D eigenvalue weighted by Crippen LogP contribution is -2.11. The van der Waals surface area contributed by atoms with Crippen LogP contribution >= 0.6 is 7.82 Å². The SMILES string of the molecule is COC(=O)c1ccccc1C(=O)OC.O=P(O)(O)O. The highest BCUT2D eigenvalue weighted by Gasteiger charge is 2.16. The Kier molecular flexibility index (Phi) is 6.95. The summed E-state index contributed by atoms with van der Waals surface area (Å²) in [5.41, 5.74) is 0.420. The zero-order chi connectivity index (χ0) is 15.1. The summed E-state index contributed by atoms with van der Waals surface area (Å²) in [4.78, 5) is 44.0. The molecule has 0 aromatic heterocycles. The summed E-state index contributed by atoms with van der Waals surface area (Å²) in [6, 6.07) is 6.33. The monoisotopic (exact) mass is 292 g/mol. The van der Waals surface area contributed by atoms with Crippen LogP contribution in [-0.2, 0) is 14.0 Å². The summed E-state index contributed by atoms with van der Waals surface area (Å²) in [5.74, 6) is -1.10. The van der Waals surface area contributed by atoms with Crippen molar-refractivity contribution in [2.45, 2.75) is 0 Å². The van der Waals surface area contributed by atoms with E-state index in [2.05, 4.69) is 9.47 Å². The average Bonchev–Trinajstić information content (AvgIpc) is 2.35. The van der Waals surface area contributed by atoms with Crippen LogP contribution < -0.4 is 0 Å². The summed E-state index contributed by atoms with van der Waals surface area (Å²) in [6.07, 6.45) is 0. The second kappa shape index (κ2) is 7.65. The van der Waals surface area contributed by atoms with E-state index in [1.54, 1.807) is 12.1 Å². The fourth-order valence-corrected chi connectivity index (χ4v) is 1.06. The molecule has 9 heteroatoms. The van der Waals surface area contributed by atoms with Gasteiger partial charge in [-0.05, 0) is 12.1 Å². The molecule has 0 aliphatic carbocycles. The number of benzene rings is 1. The maximum atomic E-state index is 11.2. The highest BCUT2D eigenvalue weighted by atomic mass is 31.2. The number of ether oxygens (including phenoxy) is 2. The van der Waals surface area contributed by atoms with Gasteiger partial charge in [-0.2, -0.15) is 0 Å². The van der Waals surface area contributed by atoms with E-state index in [1.807, 2.05) is 0 Å². The first-order valence-corrected chi connectivity index (χ1v) is 6.31. The minimum absolute atomic E-state index is 0.210. The second-order valence-electron chi connectivity index (χ2n) is 3.04. The van der Waals surface area contributed by atoms with Crippen molar-refractivity contribution in [2.75, 3.05) is 14.2 Å². The largest absolute Gasteiger partial charge is 0.466 e. The van der Waals surface area contributed by atoms with Crippen molar-refractivity contribution in [3.8, 4) is 0 Å². The first-order chi connectivity index (χ1) is 8.70. The van der Waals surface area contributed by atoms with E-state index in [4.69, 9.17) is 19.2 Å². The summed E-state index contributed by atoms with van der Waals surface area (Å²) in [6.45, 7) is 0. The Bertz CT molecular complexity index is 449. The van der Waals surface area contributed by atoms with Crippen LogP contribution in [0, 0.1) is 0 Å². The summed E-state index contributed by atoms with van der Waals surface area (Å²) < 4.78 is 17.9. The molecule has 0 bridgehead atoms. The van der Waals surface area contributed by atoms with Gasteiger partial charge in [-0.15, -0.1) is 0 Å². The zero-order valence-electron chi connectivity index (χ0n) is 10.1. The van der Waals surface area contributed by atoms with Gasteiger partial charge in [0.1, 0.15) is 0 Å². The van der Waals surface area contributed by atoms with E-state index in [-0.39, 0.29) is 11.1 Å². The van der Waals surface area contributed by atoms with E-state index in [9.17, 15) is 9.59 Å². The van der Waals surface area contributed by atoms with Crippen molar-refractivity contribution < 1.29 is 38.3 Å². The van der Waals surface area contributed by atoms with Gasteiger partial charge < -0.3 is 24.2 Å². The molecular formula is C10H13O8P. The molecule has 1 rings (SSSR count). The molecule has 0 amide bonds. The van der Waals surface area contributed by atoms with Crippen LogP contribution in [0.3, 0.4) is 0 Å². The second-order valence-corrected chi connectivity index (χ2v) is 4.07. The van der Waals surface area contributed by atoms with Gasteiger partial charge in [-0.1, -0.05) is 12.1 Å². The lowest BCUT2D eigenvalue weighted by molar-refractivity contribution is 0.0555. The molecule has 0 spiro atoms. The molecule has 0 heterocycles. The lowest BCUT2D eigenvalue weighted by atomic mass is 10.1. The fraction of sp³-hybridized carbons (Fsp3) is 0.200. The molecule has 0 radical (unpaired) electrons. The third-order valence-electron chi connectivity index (χ3n) is 1.74. The molecule has 0 fully saturated rings. The quantitative estimate of drug-likeness (QED) is 0.525. The standard InChI is InChI=1S/C10H10O4.H3O4P/c1-13-9(11)7-5-3-4-6-8(7)10(12)14-2;1-5(2,3)4/h3-6H,1-2H3;(H3,1,2,3,4). The molecule has 0 saturated heterocycles. The van der Waals surface area contributed by atoms with Crippen molar-refractivity contribution in [1.29, 1.82) is 0 Å². The fourth-order valence-electron chi connectivity index (χ4n) is 1.06. The van der Waals surface area contributed by atoms with Crippen LogP contribution in [0.2, 0.25) is 0 Å². The molecular weight excluding hydrogens is 279 g/mol. The van der Waals surface area contributed by atoms with Crippen LogP contribution in [0.5, 0.6) is 0 Å². The number of rotatable bonds is 2. The summed E-state index contributed by atoms with van der Waals surface area (Å²) in [7, 11) is -2.12. The van der Waals surface area contributed by atoms with Crippen LogP contribution in [0.15, 0.2) is 24.3 Å². The third kappa shape index (κ3) is 7.32. The molecule has 0 aliphatic heterocycles. The normalized spacial score (nSPS) is 9.95. The van der Waals surface area contributed by atoms with Crippen molar-refractivity contribution in [3.05, 3.63) is 35.4 Å². The molecule has 0 aliphatic rings. The van der Waals surface area contributed by atoms with Crippen LogP contribution in [0.4, 0.5) is 0 Å². The smallest absolute Gasteiger partial charge is 0.465 e. The van der Waals surface area contributed by atoms with Crippen molar-refractivity contribution in [3.63, 3.8) is 0 Å². The Morgan fingerprint density at radius 3 is 1.42 bits per heavy atom. The highest BCUT2D eigenvalue weighted by molar-refractivity contribution is 7.45. The van der Waals surface area contributed by atoms with E-state index >= 15 is 0 Å². The number of phosphoric acid groups is 1. The maximum absolute atomic E-state index is 11.2. The number of carbonyl (C=O) groups excluding carboxylic acids is 2. The molecule has 0 saturated carbocycles. The molecule has 106 valence electrons. The first kappa shape index (κ1) is 17.3. The zero-order valence-corrected chi connectivity index (χ0v) is 11.0. The van der Waals surface area contributed by atoms with Crippen molar-refractivity contribution in [1.82, 2.24) is 0 Å². The summed E-state index contributed by atoms with van der Waals surface area (Å²) >= 11 is 0. The third-order valence-corrected chi connectivity index (χ3v) is 1.74. The van der Waals surface area contributed by atoms with Gasteiger partial charge in [0.05, 0.1) is 25.3 Å². The Hall–Kier alpha value is -1.73. The van der Waals surface area contributed by atoms with E-state index in [0.717, 1.165) is 0 Å². The molecule has 1 aromatic rings. The highest BCUT2D eigenvalue weighted by Crippen LogP contribution is 2.25. The van der Waals surface area contributed by atoms with Gasteiger partial charge in [-0.25, -0.2) is 14.2 Å². The van der Waals surface area contributed by atoms with E-state index < -0.39 is 19.8 Å². The predicted octanol–water partition coefficient (Wildman–Crippen LogP) is 0.331. The van der Waals surface area contributed by atoms with E-state index in [1.165, 1.54) is 26.4 Å². The molecule has 8 nitrogen and oxygen atoms in total. The van der Waals surface area contributed by atoms with Gasteiger partial charge >= 0.3 is 19.8 Å². The van der Waals surface area contributed by atoms with Crippen molar-refractivity contribution in [2.24, 2.45) is 0 Å². The topological polar surface area (TPSA) is 130 Å². The minimum Gasteiger partial charge on any atom is -0.465 e. The maximum Gasteiger partial charge on any atom is 0.466 e. The van der Waals surface area contributed by atoms with Gasteiger partial charge in [0.2, 0.25) is 0 Å². The first-order valence-electron chi connectivity index (χ1n) is 4.74. The Morgan fingerprint density at radius 1 is 0.947 bits per heavy atom. The molecule has 3 N–H and O–H groups in total. The Morgan fingerprint density at radius 2 is 1.21 bits per heavy atom. The number of hydrogen-bond donors (Lipinski definition) is 3. The number of methoxy groups -OCH3 is 2. The number of esters is 2. The minimum atomic E-state index is -4.64. The van der Waals surface area contributed by atoms with Crippen LogP contribution in [0.25, 0.3) is 0 Å². The van der Waals surface area contributed by atoms with Crippen molar-refractivity contribution >= 4 is 19.8 Å². The Balaban J connectivity index is 0.000000555. The van der Waals surface area contributed by atoms with E-state index in [0.29, 0.717) is 0 Å². The molecule has 0 unspecified atom stereocenters. The molecule has 1 aromatic carbocycles. The Labute approximate surface area is 108 Å². The number of carbonyl (C=O) groups is 2. The van der Waals surface area contributed by atoms with Gasteiger partial charge in [-0.3, -0.25) is 0 Å². The van der Waals surface area contributed by atoms with Gasteiger partial charge in [0, 0.05) is 0 Å². The van der Waals surface area contributed by atoms with Gasteiger partial charge in [0.15, 0.2) is 0 Å².